The minimum Gasteiger partial charge on any atom is -0.497 e. The number of anilines is 1. The van der Waals surface area contributed by atoms with Crippen molar-refractivity contribution >= 4 is 11.6 Å². The van der Waals surface area contributed by atoms with Gasteiger partial charge in [0.1, 0.15) is 5.75 Å². The number of para-hydroxylation sites is 1. The Labute approximate surface area is 157 Å². The number of benzene rings is 2. The normalized spacial score (nSPS) is 12.9. The quantitative estimate of drug-likeness (QED) is 0.669. The van der Waals surface area contributed by atoms with E-state index in [4.69, 9.17) is 9.26 Å². The molecule has 1 amide bonds. The summed E-state index contributed by atoms with van der Waals surface area (Å²) in [6.07, 6.45) is 2.66. The van der Waals surface area contributed by atoms with E-state index in [-0.39, 0.29) is 5.91 Å². The molecule has 0 spiro atoms. The summed E-state index contributed by atoms with van der Waals surface area (Å²) >= 11 is 0. The Bertz CT molecular complexity index is 934. The molecule has 3 aromatic rings. The fraction of sp³-hybridized carbons (Fsp3) is 0.286. The monoisotopic (exact) mass is 363 g/mol. The molecular formula is C21H21N3O3. The molecule has 6 heteroatoms. The lowest BCUT2D eigenvalue weighted by Gasteiger charge is -2.16. The van der Waals surface area contributed by atoms with E-state index in [2.05, 4.69) is 16.2 Å². The molecule has 0 N–H and O–H groups in total. The molecule has 4 rings (SSSR count). The topological polar surface area (TPSA) is 68.5 Å². The van der Waals surface area contributed by atoms with Crippen molar-refractivity contribution in [2.24, 2.45) is 0 Å². The maximum atomic E-state index is 12.5. The number of rotatable bonds is 6. The van der Waals surface area contributed by atoms with Gasteiger partial charge >= 0.3 is 0 Å². The van der Waals surface area contributed by atoms with E-state index in [1.54, 1.807) is 7.11 Å². The fourth-order valence-electron chi connectivity index (χ4n) is 3.34. The third-order valence-electron chi connectivity index (χ3n) is 4.79. The van der Waals surface area contributed by atoms with Gasteiger partial charge in [-0.1, -0.05) is 23.4 Å². The van der Waals surface area contributed by atoms with Gasteiger partial charge in [0.05, 0.1) is 7.11 Å². The van der Waals surface area contributed by atoms with Crippen LogP contribution in [-0.4, -0.2) is 29.7 Å². The maximum Gasteiger partial charge on any atom is 0.227 e. The van der Waals surface area contributed by atoms with Gasteiger partial charge in [-0.25, -0.2) is 0 Å². The highest BCUT2D eigenvalue weighted by Gasteiger charge is 2.23. The smallest absolute Gasteiger partial charge is 0.227 e. The third kappa shape index (κ3) is 3.69. The lowest BCUT2D eigenvalue weighted by molar-refractivity contribution is -0.118. The molecule has 6 nitrogen and oxygen atoms in total. The zero-order valence-electron chi connectivity index (χ0n) is 15.2. The molecule has 1 aliphatic heterocycles. The maximum absolute atomic E-state index is 12.5. The van der Waals surface area contributed by atoms with E-state index in [0.29, 0.717) is 31.0 Å². The van der Waals surface area contributed by atoms with Crippen LogP contribution in [0.25, 0.3) is 11.4 Å². The lowest BCUT2D eigenvalue weighted by atomic mass is 10.2. The van der Waals surface area contributed by atoms with Crippen LogP contribution in [0.3, 0.4) is 0 Å². The zero-order valence-corrected chi connectivity index (χ0v) is 15.2. The number of carbonyl (C=O) groups excluding carboxylic acids is 1. The second-order valence-corrected chi connectivity index (χ2v) is 6.52. The van der Waals surface area contributed by atoms with Gasteiger partial charge < -0.3 is 14.2 Å². The molecule has 0 aliphatic carbocycles. The highest BCUT2D eigenvalue weighted by Crippen LogP contribution is 2.28. The number of ether oxygens (including phenoxy) is 1. The summed E-state index contributed by atoms with van der Waals surface area (Å²) in [5.41, 5.74) is 3.16. The highest BCUT2D eigenvalue weighted by atomic mass is 16.5. The van der Waals surface area contributed by atoms with Crippen molar-refractivity contribution in [2.45, 2.75) is 25.7 Å². The van der Waals surface area contributed by atoms with Gasteiger partial charge in [-0.15, -0.1) is 0 Å². The van der Waals surface area contributed by atoms with Crippen molar-refractivity contribution in [2.75, 3.05) is 18.6 Å². The van der Waals surface area contributed by atoms with Gasteiger partial charge in [-0.05, 0) is 48.7 Å². The summed E-state index contributed by atoms with van der Waals surface area (Å²) in [6, 6.07) is 15.6. The lowest BCUT2D eigenvalue weighted by Crippen LogP contribution is -2.28. The van der Waals surface area contributed by atoms with Crippen molar-refractivity contribution in [3.63, 3.8) is 0 Å². The summed E-state index contributed by atoms with van der Waals surface area (Å²) in [5.74, 6) is 2.03. The summed E-state index contributed by atoms with van der Waals surface area (Å²) in [4.78, 5) is 18.8. The molecule has 2 heterocycles. The first-order valence-corrected chi connectivity index (χ1v) is 9.10. The molecule has 1 aromatic heterocycles. The first-order chi connectivity index (χ1) is 13.2. The summed E-state index contributed by atoms with van der Waals surface area (Å²) in [6.45, 7) is 0.764. The predicted molar refractivity (Wildman–Crippen MR) is 102 cm³/mol. The molecular weight excluding hydrogens is 342 g/mol. The Morgan fingerprint density at radius 1 is 1.19 bits per heavy atom. The number of methoxy groups -OCH3 is 1. The van der Waals surface area contributed by atoms with Crippen molar-refractivity contribution in [1.82, 2.24) is 10.1 Å². The molecule has 2 aromatic carbocycles. The summed E-state index contributed by atoms with van der Waals surface area (Å²) in [7, 11) is 1.63. The SMILES string of the molecule is COc1ccc(-c2noc(CCCC(=O)N3CCc4ccccc43)n2)cc1. The van der Waals surface area contributed by atoms with E-state index >= 15 is 0 Å². The van der Waals surface area contributed by atoms with Gasteiger partial charge in [0.15, 0.2) is 0 Å². The highest BCUT2D eigenvalue weighted by molar-refractivity contribution is 5.95. The van der Waals surface area contributed by atoms with E-state index in [0.717, 1.165) is 30.0 Å². The predicted octanol–water partition coefficient (Wildman–Crippen LogP) is 3.66. The van der Waals surface area contributed by atoms with E-state index in [1.807, 2.05) is 47.4 Å². The molecule has 138 valence electrons. The van der Waals surface area contributed by atoms with Crippen LogP contribution < -0.4 is 9.64 Å². The van der Waals surface area contributed by atoms with E-state index in [1.165, 1.54) is 5.56 Å². The number of aryl methyl sites for hydroxylation is 1. The minimum atomic E-state index is 0.148. The first-order valence-electron chi connectivity index (χ1n) is 9.10. The Morgan fingerprint density at radius 2 is 2.00 bits per heavy atom. The van der Waals surface area contributed by atoms with Crippen molar-refractivity contribution in [3.05, 3.63) is 60.0 Å². The van der Waals surface area contributed by atoms with Crippen LogP contribution in [0.2, 0.25) is 0 Å². The number of hydrogen-bond acceptors (Lipinski definition) is 5. The standard InChI is InChI=1S/C21H21N3O3/c1-26-17-11-9-16(10-12-17)21-22-19(27-23-21)7-4-8-20(25)24-14-13-15-5-2-3-6-18(15)24/h2-3,5-6,9-12H,4,7-8,13-14H2,1H3. The number of amides is 1. The molecule has 0 unspecified atom stereocenters. The second kappa shape index (κ2) is 7.61. The molecule has 0 radical (unpaired) electrons. The first kappa shape index (κ1) is 17.3. The summed E-state index contributed by atoms with van der Waals surface area (Å²) in [5, 5.41) is 4.02. The number of carbonyl (C=O) groups is 1. The van der Waals surface area contributed by atoms with Crippen LogP contribution in [0.15, 0.2) is 53.1 Å². The molecule has 0 atom stereocenters. The Balaban J connectivity index is 1.32. The Hall–Kier alpha value is -3.15. The van der Waals surface area contributed by atoms with Gasteiger partial charge in [0.2, 0.25) is 17.6 Å². The minimum absolute atomic E-state index is 0.148. The van der Waals surface area contributed by atoms with Crippen LogP contribution in [0, 0.1) is 0 Å². The van der Waals surface area contributed by atoms with Crippen LogP contribution in [0.5, 0.6) is 5.75 Å². The second-order valence-electron chi connectivity index (χ2n) is 6.52. The molecule has 0 saturated heterocycles. The van der Waals surface area contributed by atoms with Crippen LogP contribution >= 0.6 is 0 Å². The van der Waals surface area contributed by atoms with Crippen LogP contribution in [-0.2, 0) is 17.6 Å². The molecule has 0 bridgehead atoms. The number of hydrogen-bond donors (Lipinski definition) is 0. The average Bonchev–Trinajstić information content (AvgIpc) is 3.35. The van der Waals surface area contributed by atoms with Crippen LogP contribution in [0.1, 0.15) is 24.3 Å². The average molecular weight is 363 g/mol. The number of aromatic nitrogens is 2. The zero-order chi connectivity index (χ0) is 18.6. The molecule has 27 heavy (non-hydrogen) atoms. The van der Waals surface area contributed by atoms with Gasteiger partial charge in [-0.3, -0.25) is 4.79 Å². The Kier molecular flexibility index (Phi) is 4.87. The third-order valence-corrected chi connectivity index (χ3v) is 4.79. The molecule has 1 aliphatic rings. The molecule has 0 saturated carbocycles. The largest absolute Gasteiger partial charge is 0.497 e. The van der Waals surface area contributed by atoms with Gasteiger partial charge in [0.25, 0.3) is 0 Å². The van der Waals surface area contributed by atoms with Gasteiger partial charge in [0, 0.05) is 30.6 Å². The molecule has 0 fully saturated rings. The van der Waals surface area contributed by atoms with Crippen molar-refractivity contribution in [1.29, 1.82) is 0 Å². The summed E-state index contributed by atoms with van der Waals surface area (Å²) < 4.78 is 10.5. The van der Waals surface area contributed by atoms with E-state index < -0.39 is 0 Å². The Morgan fingerprint density at radius 3 is 2.81 bits per heavy atom. The van der Waals surface area contributed by atoms with E-state index in [9.17, 15) is 4.79 Å². The van der Waals surface area contributed by atoms with Crippen LogP contribution in [0.4, 0.5) is 5.69 Å². The number of fused-ring (bicyclic) bond motifs is 1. The van der Waals surface area contributed by atoms with Crippen molar-refractivity contribution < 1.29 is 14.1 Å². The fourth-order valence-corrected chi connectivity index (χ4v) is 3.34. The number of nitrogens with zero attached hydrogens (tertiary/aromatic N) is 3. The van der Waals surface area contributed by atoms with Crippen molar-refractivity contribution in [3.8, 4) is 17.1 Å². The van der Waals surface area contributed by atoms with Gasteiger partial charge in [-0.2, -0.15) is 4.98 Å².